The van der Waals surface area contributed by atoms with Crippen molar-refractivity contribution in [3.8, 4) is 0 Å². The molecular weight excluding hydrogens is 396 g/mol. The highest BCUT2D eigenvalue weighted by molar-refractivity contribution is 5.78. The van der Waals surface area contributed by atoms with E-state index in [9.17, 15) is 22.4 Å². The van der Waals surface area contributed by atoms with Gasteiger partial charge in [-0.25, -0.2) is 4.39 Å². The molecule has 2 N–H and O–H groups in total. The van der Waals surface area contributed by atoms with Gasteiger partial charge in [0.2, 0.25) is 5.91 Å². The van der Waals surface area contributed by atoms with Crippen molar-refractivity contribution in [3.05, 3.63) is 101 Å². The summed E-state index contributed by atoms with van der Waals surface area (Å²) in [6.45, 7) is 0.567. The van der Waals surface area contributed by atoms with Gasteiger partial charge in [0.1, 0.15) is 5.82 Å². The first kappa shape index (κ1) is 21.4. The highest BCUT2D eigenvalue weighted by atomic mass is 19.4. The number of carbonyl (C=O) groups excluding carboxylic acids is 1. The van der Waals surface area contributed by atoms with Crippen molar-refractivity contribution in [3.63, 3.8) is 0 Å². The van der Waals surface area contributed by atoms with E-state index < -0.39 is 11.7 Å². The Kier molecular flexibility index (Phi) is 6.72. The zero-order chi connectivity index (χ0) is 21.6. The number of benzene rings is 3. The second-order valence-electron chi connectivity index (χ2n) is 6.83. The van der Waals surface area contributed by atoms with Gasteiger partial charge in [0.15, 0.2) is 0 Å². The molecule has 0 saturated carbocycles. The van der Waals surface area contributed by atoms with Crippen LogP contribution in [-0.4, -0.2) is 5.91 Å². The number of rotatable bonds is 7. The number of anilines is 1. The number of hydrogen-bond donors (Lipinski definition) is 2. The van der Waals surface area contributed by atoms with Crippen molar-refractivity contribution >= 4 is 11.6 Å². The van der Waals surface area contributed by atoms with Crippen LogP contribution >= 0.6 is 0 Å². The molecule has 0 radical (unpaired) electrons. The van der Waals surface area contributed by atoms with Crippen LogP contribution in [0.3, 0.4) is 0 Å². The molecule has 0 aliphatic heterocycles. The van der Waals surface area contributed by atoms with E-state index >= 15 is 0 Å². The van der Waals surface area contributed by atoms with E-state index in [4.69, 9.17) is 0 Å². The Hall–Kier alpha value is -3.35. The maximum atomic E-state index is 12.9. The molecule has 3 nitrogen and oxygen atoms in total. The van der Waals surface area contributed by atoms with Gasteiger partial charge in [-0.2, -0.15) is 13.2 Å². The van der Waals surface area contributed by atoms with E-state index in [0.717, 1.165) is 28.9 Å². The fourth-order valence-corrected chi connectivity index (χ4v) is 2.85. The number of halogens is 4. The zero-order valence-corrected chi connectivity index (χ0v) is 16.0. The SMILES string of the molecule is O=C(Cc1ccc(NCc2cccc(C(F)(F)F)c2)cc1)NCc1ccc(F)cc1. The lowest BCUT2D eigenvalue weighted by Gasteiger charge is -2.11. The van der Waals surface area contributed by atoms with Gasteiger partial charge in [0.05, 0.1) is 12.0 Å². The van der Waals surface area contributed by atoms with Crippen LogP contribution in [0.1, 0.15) is 22.3 Å². The van der Waals surface area contributed by atoms with Crippen molar-refractivity contribution in [2.75, 3.05) is 5.32 Å². The molecule has 156 valence electrons. The summed E-state index contributed by atoms with van der Waals surface area (Å²) in [5.74, 6) is -0.490. The highest BCUT2D eigenvalue weighted by Gasteiger charge is 2.30. The van der Waals surface area contributed by atoms with Gasteiger partial charge in [0.25, 0.3) is 0 Å². The van der Waals surface area contributed by atoms with Crippen molar-refractivity contribution < 1.29 is 22.4 Å². The van der Waals surface area contributed by atoms with Crippen LogP contribution in [0.25, 0.3) is 0 Å². The van der Waals surface area contributed by atoms with E-state index in [0.29, 0.717) is 12.1 Å². The Balaban J connectivity index is 1.49. The maximum Gasteiger partial charge on any atom is 0.416 e. The van der Waals surface area contributed by atoms with Gasteiger partial charge in [-0.1, -0.05) is 36.4 Å². The highest BCUT2D eigenvalue weighted by Crippen LogP contribution is 2.29. The molecule has 0 saturated heterocycles. The molecule has 0 spiro atoms. The molecule has 1 amide bonds. The molecule has 0 aliphatic rings. The second kappa shape index (κ2) is 9.43. The molecule has 0 aromatic heterocycles. The third kappa shape index (κ3) is 6.34. The van der Waals surface area contributed by atoms with E-state index in [1.54, 1.807) is 42.5 Å². The number of hydrogen-bond acceptors (Lipinski definition) is 2. The molecule has 3 aromatic carbocycles. The second-order valence-corrected chi connectivity index (χ2v) is 6.83. The topological polar surface area (TPSA) is 41.1 Å². The lowest BCUT2D eigenvalue weighted by Crippen LogP contribution is -2.24. The van der Waals surface area contributed by atoms with Gasteiger partial charge in [0, 0.05) is 18.8 Å². The standard InChI is InChI=1S/C23H20F4N2O/c24-20-8-4-17(5-9-20)14-29-22(30)13-16-6-10-21(11-7-16)28-15-18-2-1-3-19(12-18)23(25,26)27/h1-12,28H,13-15H2,(H,29,30). The van der Waals surface area contributed by atoms with Crippen molar-refractivity contribution in [1.82, 2.24) is 5.32 Å². The summed E-state index contributed by atoms with van der Waals surface area (Å²) >= 11 is 0. The van der Waals surface area contributed by atoms with Crippen LogP contribution in [0.4, 0.5) is 23.2 Å². The van der Waals surface area contributed by atoms with Gasteiger partial charge in [-0.05, 0) is 53.1 Å². The average molecular weight is 416 g/mol. The van der Waals surface area contributed by atoms with Crippen molar-refractivity contribution in [1.29, 1.82) is 0 Å². The fraction of sp³-hybridized carbons (Fsp3) is 0.174. The summed E-state index contributed by atoms with van der Waals surface area (Å²) in [5.41, 5.74) is 2.19. The predicted molar refractivity (Wildman–Crippen MR) is 107 cm³/mol. The third-order valence-electron chi connectivity index (χ3n) is 4.47. The molecular formula is C23H20F4N2O. The number of amides is 1. The largest absolute Gasteiger partial charge is 0.416 e. The molecule has 30 heavy (non-hydrogen) atoms. The Morgan fingerprint density at radius 2 is 1.47 bits per heavy atom. The van der Waals surface area contributed by atoms with Gasteiger partial charge < -0.3 is 10.6 Å². The minimum atomic E-state index is -4.37. The summed E-state index contributed by atoms with van der Waals surface area (Å²) in [6.07, 6.45) is -4.18. The van der Waals surface area contributed by atoms with Crippen molar-refractivity contribution in [2.24, 2.45) is 0 Å². The number of carbonyl (C=O) groups is 1. The number of nitrogens with one attached hydrogen (secondary N) is 2. The Morgan fingerprint density at radius 1 is 0.800 bits per heavy atom. The van der Waals surface area contributed by atoms with Gasteiger partial charge in [-0.3, -0.25) is 4.79 Å². The summed E-state index contributed by atoms with van der Waals surface area (Å²) in [6, 6.07) is 18.2. The Bertz CT molecular complexity index is 983. The predicted octanol–water partition coefficient (Wildman–Crippen LogP) is 5.32. The lowest BCUT2D eigenvalue weighted by molar-refractivity contribution is -0.137. The van der Waals surface area contributed by atoms with E-state index in [2.05, 4.69) is 10.6 Å². The van der Waals surface area contributed by atoms with E-state index in [1.165, 1.54) is 18.2 Å². The third-order valence-corrected chi connectivity index (χ3v) is 4.47. The molecule has 0 unspecified atom stereocenters. The van der Waals surface area contributed by atoms with Gasteiger partial charge >= 0.3 is 6.18 Å². The zero-order valence-electron chi connectivity index (χ0n) is 16.0. The minimum Gasteiger partial charge on any atom is -0.381 e. The number of alkyl halides is 3. The molecule has 3 aromatic rings. The first-order valence-corrected chi connectivity index (χ1v) is 9.30. The lowest BCUT2D eigenvalue weighted by atomic mass is 10.1. The normalized spacial score (nSPS) is 11.2. The summed E-state index contributed by atoms with van der Waals surface area (Å²) in [5, 5.41) is 5.85. The van der Waals surface area contributed by atoms with Crippen LogP contribution in [0.15, 0.2) is 72.8 Å². The molecule has 0 aliphatic carbocycles. The molecule has 3 rings (SSSR count). The molecule has 0 atom stereocenters. The van der Waals surface area contributed by atoms with Gasteiger partial charge in [-0.15, -0.1) is 0 Å². The maximum absolute atomic E-state index is 12.9. The summed E-state index contributed by atoms with van der Waals surface area (Å²) in [7, 11) is 0. The fourth-order valence-electron chi connectivity index (χ4n) is 2.85. The van der Waals surface area contributed by atoms with Crippen LogP contribution in [0.5, 0.6) is 0 Å². The van der Waals surface area contributed by atoms with Crippen molar-refractivity contribution in [2.45, 2.75) is 25.7 Å². The molecule has 0 bridgehead atoms. The summed E-state index contributed by atoms with van der Waals surface area (Å²) < 4.78 is 51.2. The van der Waals surface area contributed by atoms with Crippen LogP contribution in [0.2, 0.25) is 0 Å². The van der Waals surface area contributed by atoms with E-state index in [1.807, 2.05) is 0 Å². The first-order valence-electron chi connectivity index (χ1n) is 9.30. The van der Waals surface area contributed by atoms with Crippen LogP contribution in [-0.2, 0) is 30.5 Å². The van der Waals surface area contributed by atoms with Crippen LogP contribution < -0.4 is 10.6 Å². The monoisotopic (exact) mass is 416 g/mol. The summed E-state index contributed by atoms with van der Waals surface area (Å²) in [4.78, 5) is 12.1. The quantitative estimate of drug-likeness (QED) is 0.512. The Morgan fingerprint density at radius 3 is 2.13 bits per heavy atom. The average Bonchev–Trinajstić information content (AvgIpc) is 2.72. The minimum absolute atomic E-state index is 0.163. The van der Waals surface area contributed by atoms with Crippen LogP contribution in [0, 0.1) is 5.82 Å². The smallest absolute Gasteiger partial charge is 0.381 e. The first-order chi connectivity index (χ1) is 14.3. The Labute approximate surface area is 171 Å². The molecule has 7 heteroatoms. The molecule has 0 fully saturated rings. The molecule has 0 heterocycles. The van der Waals surface area contributed by atoms with E-state index in [-0.39, 0.29) is 24.7 Å².